The van der Waals surface area contributed by atoms with Crippen molar-refractivity contribution in [1.82, 2.24) is 0 Å². The number of carboxylic acid groups (broad SMARTS) is 1. The number of aliphatic carboxylic acids is 1. The molecule has 0 aliphatic heterocycles. The van der Waals surface area contributed by atoms with Crippen LogP contribution in [-0.4, -0.2) is 25.4 Å². The molecule has 0 radical (unpaired) electrons. The second-order valence-corrected chi connectivity index (χ2v) is 8.61. The molecule has 2 nitrogen and oxygen atoms in total. The molecule has 1 N–H and O–H groups in total. The minimum Gasteiger partial charge on any atom is -0.480 e. The molecule has 6 heteroatoms. The summed E-state index contributed by atoms with van der Waals surface area (Å²) in [5.41, 5.74) is 0. The topological polar surface area (TPSA) is 37.3 Å². The number of carbonyl (C=O) groups is 1. The molecule has 0 bridgehead atoms. The summed E-state index contributed by atoms with van der Waals surface area (Å²) in [4.78, 5) is 10.6. The zero-order chi connectivity index (χ0) is 19.6. The largest absolute Gasteiger partial charge is 0.480 e. The number of thiol groups is 2. The van der Waals surface area contributed by atoms with Gasteiger partial charge in [0, 0.05) is 0 Å². The van der Waals surface area contributed by atoms with Crippen LogP contribution in [-0.2, 0) is 4.79 Å². The first-order valence-corrected chi connectivity index (χ1v) is 11.3. The predicted octanol–water partition coefficient (Wildman–Crippen LogP) is 7.09. The van der Waals surface area contributed by atoms with Crippen LogP contribution in [0.2, 0.25) is 0 Å². The van der Waals surface area contributed by atoms with Crippen molar-refractivity contribution in [2.45, 2.75) is 102 Å². The monoisotopic (exact) mass is 424 g/mol. The molecule has 0 rings (SSSR count). The van der Waals surface area contributed by atoms with Gasteiger partial charge in [0.1, 0.15) is 0 Å². The van der Waals surface area contributed by atoms with Gasteiger partial charge >= 0.3 is 5.97 Å². The lowest BCUT2D eigenvalue weighted by Gasteiger charge is -2.20. The van der Waals surface area contributed by atoms with E-state index in [1.165, 1.54) is 64.2 Å². The molecule has 0 heterocycles. The highest BCUT2D eigenvalue weighted by atomic mass is 32.1. The van der Waals surface area contributed by atoms with Gasteiger partial charge in [0.25, 0.3) is 0 Å². The minimum absolute atomic E-state index is 0.121. The van der Waals surface area contributed by atoms with Crippen LogP contribution in [0.4, 0.5) is 0 Å². The van der Waals surface area contributed by atoms with E-state index in [4.69, 9.17) is 17.3 Å². The Morgan fingerprint density at radius 1 is 0.960 bits per heavy atom. The van der Waals surface area contributed by atoms with Crippen molar-refractivity contribution in [3.63, 3.8) is 0 Å². The Labute approximate surface area is 176 Å². The van der Waals surface area contributed by atoms with Crippen LogP contribution >= 0.6 is 49.7 Å². The van der Waals surface area contributed by atoms with Gasteiger partial charge in [-0.05, 0) is 24.6 Å². The Kier molecular flexibility index (Phi) is 21.1. The first-order valence-electron chi connectivity index (χ1n) is 9.49. The van der Waals surface area contributed by atoms with Crippen LogP contribution in [0.25, 0.3) is 0 Å². The summed E-state index contributed by atoms with van der Waals surface area (Å²) in [6.45, 7) is 4.15. The number of unbranched alkanes of at least 4 members (excludes halogenated alkanes) is 10. The maximum atomic E-state index is 10.6. The predicted molar refractivity (Wildman–Crippen MR) is 126 cm³/mol. The molecule has 148 valence electrons. The van der Waals surface area contributed by atoms with Crippen LogP contribution in [0, 0.1) is 0 Å². The molecule has 1 unspecified atom stereocenters. The lowest BCUT2D eigenvalue weighted by Crippen LogP contribution is -2.37. The van der Waals surface area contributed by atoms with Gasteiger partial charge < -0.3 is 5.11 Å². The zero-order valence-corrected chi connectivity index (χ0v) is 19.3. The van der Waals surface area contributed by atoms with Crippen molar-refractivity contribution in [2.24, 2.45) is 0 Å². The Morgan fingerprint density at radius 2 is 1.40 bits per heavy atom. The molecule has 0 spiro atoms. The smallest absolute Gasteiger partial charge is 0.325 e. The van der Waals surface area contributed by atoms with E-state index in [0.717, 1.165) is 12.8 Å². The third-order valence-corrected chi connectivity index (χ3v) is 5.93. The molecule has 0 aliphatic rings. The van der Waals surface area contributed by atoms with Crippen molar-refractivity contribution in [1.29, 1.82) is 0 Å². The molecular formula is C19H36O2S4. The summed E-state index contributed by atoms with van der Waals surface area (Å²) < 4.78 is -1.12. The van der Waals surface area contributed by atoms with Gasteiger partial charge in [-0.1, -0.05) is 102 Å². The fraction of sp³-hybridized carbons (Fsp3) is 0.842. The Morgan fingerprint density at radius 3 is 1.68 bits per heavy atom. The average molecular weight is 425 g/mol. The van der Waals surface area contributed by atoms with Gasteiger partial charge in [-0.15, -0.1) is 12.6 Å². The summed E-state index contributed by atoms with van der Waals surface area (Å²) in [5.74, 6) is -1.03. The number of rotatable bonds is 15. The van der Waals surface area contributed by atoms with E-state index in [1.54, 1.807) is 0 Å². The summed E-state index contributed by atoms with van der Waals surface area (Å²) in [7, 11) is 0. The van der Waals surface area contributed by atoms with Crippen LogP contribution in [0.5, 0.6) is 0 Å². The Bertz CT molecular complexity index is 345. The van der Waals surface area contributed by atoms with Crippen LogP contribution in [0.3, 0.4) is 0 Å². The second kappa shape index (κ2) is 19.1. The lowest BCUT2D eigenvalue weighted by atomic mass is 10.1. The molecule has 0 aromatic rings. The summed E-state index contributed by atoms with van der Waals surface area (Å²) in [5, 5.41) is 10.6. The molecule has 0 aliphatic carbocycles. The fourth-order valence-electron chi connectivity index (χ4n) is 2.38. The van der Waals surface area contributed by atoms with Crippen LogP contribution in [0.1, 0.15) is 97.3 Å². The molecule has 0 aromatic carbocycles. The standard InChI is InChI=1S/C13H26S.C6H10O2S3/c1-2-3-4-5-6-7-8-9-10-11-12-13-14;1-2-3-6(11,4(7)8)5(9)10/h13H,2-12H2,1H3;11H,2-3H2,1H3,(H,7,8)(H,9,10). The Hall–Kier alpha value is 0.350. The maximum Gasteiger partial charge on any atom is 0.325 e. The first kappa shape index (κ1) is 27.6. The fourth-order valence-corrected chi connectivity index (χ4v) is 3.17. The normalized spacial score (nSPS) is 12.6. The van der Waals surface area contributed by atoms with Crippen molar-refractivity contribution >= 4 is 65.2 Å². The number of carboxylic acids is 1. The maximum absolute atomic E-state index is 10.6. The SMILES string of the molecule is CCCC(S)(C(=O)O)C(=S)S.CCCCCCCCCCCCC=S. The summed E-state index contributed by atoms with van der Waals surface area (Å²) in [6.07, 6.45) is 16.4. The van der Waals surface area contributed by atoms with Crippen molar-refractivity contribution < 1.29 is 9.90 Å². The zero-order valence-electron chi connectivity index (χ0n) is 15.8. The number of hydrogen-bond donors (Lipinski definition) is 3. The second-order valence-electron chi connectivity index (χ2n) is 6.36. The van der Waals surface area contributed by atoms with Gasteiger partial charge in [-0.3, -0.25) is 4.79 Å². The summed E-state index contributed by atoms with van der Waals surface area (Å²) >= 11 is 17.3. The van der Waals surface area contributed by atoms with Crippen molar-refractivity contribution in [3.8, 4) is 0 Å². The highest BCUT2D eigenvalue weighted by Crippen LogP contribution is 2.25. The van der Waals surface area contributed by atoms with E-state index in [9.17, 15) is 4.79 Å². The lowest BCUT2D eigenvalue weighted by molar-refractivity contribution is -0.137. The van der Waals surface area contributed by atoms with E-state index < -0.39 is 10.7 Å². The van der Waals surface area contributed by atoms with Gasteiger partial charge in [0.05, 0.1) is 4.20 Å². The average Bonchev–Trinajstić information content (AvgIpc) is 2.57. The van der Waals surface area contributed by atoms with E-state index in [-0.39, 0.29) is 4.20 Å². The van der Waals surface area contributed by atoms with Gasteiger partial charge in [0.15, 0.2) is 4.75 Å². The Balaban J connectivity index is 0. The highest BCUT2D eigenvalue weighted by molar-refractivity contribution is 8.13. The number of thiocarbonyl (C=S) groups is 2. The van der Waals surface area contributed by atoms with Crippen molar-refractivity contribution in [3.05, 3.63) is 0 Å². The molecular weight excluding hydrogens is 388 g/mol. The minimum atomic E-state index is -1.24. The first-order chi connectivity index (χ1) is 11.9. The highest BCUT2D eigenvalue weighted by Gasteiger charge is 2.36. The molecule has 0 amide bonds. The van der Waals surface area contributed by atoms with Gasteiger partial charge in [-0.25, -0.2) is 0 Å². The quantitative estimate of drug-likeness (QED) is 0.149. The third-order valence-electron chi connectivity index (χ3n) is 3.99. The van der Waals surface area contributed by atoms with E-state index >= 15 is 0 Å². The third kappa shape index (κ3) is 16.3. The molecule has 0 saturated carbocycles. The van der Waals surface area contributed by atoms with Crippen LogP contribution in [0.15, 0.2) is 0 Å². The molecule has 0 fully saturated rings. The van der Waals surface area contributed by atoms with E-state index in [2.05, 4.69) is 44.4 Å². The molecule has 1 atom stereocenters. The van der Waals surface area contributed by atoms with Gasteiger partial charge in [-0.2, -0.15) is 12.6 Å². The van der Waals surface area contributed by atoms with E-state index in [1.807, 2.05) is 12.3 Å². The van der Waals surface area contributed by atoms with Gasteiger partial charge in [0.2, 0.25) is 0 Å². The number of hydrogen-bond acceptors (Lipinski definition) is 4. The van der Waals surface area contributed by atoms with Crippen molar-refractivity contribution in [2.75, 3.05) is 0 Å². The van der Waals surface area contributed by atoms with Crippen LogP contribution < -0.4 is 0 Å². The van der Waals surface area contributed by atoms with E-state index in [0.29, 0.717) is 6.42 Å². The summed E-state index contributed by atoms with van der Waals surface area (Å²) in [6, 6.07) is 0. The molecule has 0 aromatic heterocycles. The molecule has 0 saturated heterocycles. The molecule has 25 heavy (non-hydrogen) atoms.